The number of carbonyl (C=O) groups is 2. The van der Waals surface area contributed by atoms with E-state index >= 15 is 0 Å². The van der Waals surface area contributed by atoms with Gasteiger partial charge in [0.15, 0.2) is 0 Å². The van der Waals surface area contributed by atoms with Crippen LogP contribution in [0.15, 0.2) is 29.2 Å². The maximum absolute atomic E-state index is 11.7. The maximum Gasteiger partial charge on any atom is 0.321 e. The summed E-state index contributed by atoms with van der Waals surface area (Å²) in [5.74, 6) is 0.298. The summed E-state index contributed by atoms with van der Waals surface area (Å²) < 4.78 is 0. The molecule has 0 saturated carbocycles. The molecule has 0 saturated heterocycles. The van der Waals surface area contributed by atoms with Gasteiger partial charge in [-0.25, -0.2) is 4.79 Å². The minimum Gasteiger partial charge on any atom is -0.338 e. The number of thioether (sulfide) groups is 1. The van der Waals surface area contributed by atoms with Crippen molar-refractivity contribution in [1.82, 2.24) is 10.6 Å². The molecule has 0 heterocycles. The molecule has 4 nitrogen and oxygen atoms in total. The zero-order chi connectivity index (χ0) is 16.8. The third kappa shape index (κ3) is 6.98. The lowest BCUT2D eigenvalue weighted by atomic mass is 9.87. The van der Waals surface area contributed by atoms with Crippen molar-refractivity contribution < 1.29 is 9.59 Å². The summed E-state index contributed by atoms with van der Waals surface area (Å²) >= 11 is 1.42. The van der Waals surface area contributed by atoms with E-state index in [1.54, 1.807) is 0 Å². The highest BCUT2D eigenvalue weighted by atomic mass is 32.2. The fourth-order valence-electron chi connectivity index (χ4n) is 1.70. The van der Waals surface area contributed by atoms with Crippen molar-refractivity contribution >= 4 is 23.7 Å². The monoisotopic (exact) mass is 322 g/mol. The van der Waals surface area contributed by atoms with Gasteiger partial charge in [-0.2, -0.15) is 0 Å². The minimum absolute atomic E-state index is 0.120. The van der Waals surface area contributed by atoms with E-state index in [1.807, 2.05) is 26.0 Å². The van der Waals surface area contributed by atoms with Crippen molar-refractivity contribution in [2.75, 3.05) is 12.3 Å². The summed E-state index contributed by atoms with van der Waals surface area (Å²) in [4.78, 5) is 24.2. The van der Waals surface area contributed by atoms with E-state index in [-0.39, 0.29) is 17.1 Å². The molecular formula is C17H26N2O2S. The molecule has 1 aromatic carbocycles. The average Bonchev–Trinajstić information content (AvgIpc) is 2.42. The zero-order valence-corrected chi connectivity index (χ0v) is 14.8. The number of hydrogen-bond donors (Lipinski definition) is 2. The highest BCUT2D eigenvalue weighted by molar-refractivity contribution is 8.00. The quantitative estimate of drug-likeness (QED) is 0.815. The lowest BCUT2D eigenvalue weighted by Crippen LogP contribution is -2.41. The topological polar surface area (TPSA) is 58.2 Å². The fraction of sp³-hybridized carbons (Fsp3) is 0.529. The predicted molar refractivity (Wildman–Crippen MR) is 92.2 cm³/mol. The van der Waals surface area contributed by atoms with Gasteiger partial charge < -0.3 is 5.32 Å². The molecule has 22 heavy (non-hydrogen) atoms. The highest BCUT2D eigenvalue weighted by Crippen LogP contribution is 2.25. The third-order valence-corrected chi connectivity index (χ3v) is 4.03. The summed E-state index contributed by atoms with van der Waals surface area (Å²) in [6.07, 6.45) is 0. The number of imide groups is 1. The second kappa shape index (κ2) is 8.22. The van der Waals surface area contributed by atoms with Crippen LogP contribution in [0.4, 0.5) is 4.79 Å². The largest absolute Gasteiger partial charge is 0.338 e. The number of rotatable bonds is 5. The van der Waals surface area contributed by atoms with Crippen LogP contribution >= 0.6 is 11.8 Å². The average molecular weight is 322 g/mol. The zero-order valence-electron chi connectivity index (χ0n) is 14.0. The van der Waals surface area contributed by atoms with Crippen LogP contribution in [0, 0.1) is 5.92 Å². The van der Waals surface area contributed by atoms with Gasteiger partial charge in [0.25, 0.3) is 0 Å². The number of amides is 3. The minimum atomic E-state index is -0.428. The van der Waals surface area contributed by atoms with Crippen LogP contribution < -0.4 is 10.6 Å². The summed E-state index contributed by atoms with van der Waals surface area (Å²) in [5.41, 5.74) is 1.38. The fourth-order valence-corrected chi connectivity index (χ4v) is 2.40. The van der Waals surface area contributed by atoms with E-state index in [9.17, 15) is 9.59 Å². The lowest BCUT2D eigenvalue weighted by molar-refractivity contribution is -0.117. The Morgan fingerprint density at radius 3 is 2.23 bits per heavy atom. The van der Waals surface area contributed by atoms with Crippen molar-refractivity contribution in [1.29, 1.82) is 0 Å². The Balaban J connectivity index is 2.39. The first-order valence-electron chi connectivity index (χ1n) is 7.49. The number of hydrogen-bond acceptors (Lipinski definition) is 3. The third-order valence-electron chi connectivity index (χ3n) is 3.01. The Bertz CT molecular complexity index is 504. The Kier molecular flexibility index (Phi) is 6.94. The standard InChI is InChI=1S/C17H26N2O2S/c1-12(2)10-18-16(21)19-15(20)11-22-14-8-6-13(7-9-14)17(3,4)5/h6-9,12H,10-11H2,1-5H3,(H2,18,19,20,21). The van der Waals surface area contributed by atoms with Crippen molar-refractivity contribution in [2.45, 2.75) is 44.9 Å². The summed E-state index contributed by atoms with van der Waals surface area (Å²) in [6, 6.07) is 7.75. The van der Waals surface area contributed by atoms with Crippen molar-refractivity contribution in [3.63, 3.8) is 0 Å². The van der Waals surface area contributed by atoms with Crippen molar-refractivity contribution in [2.24, 2.45) is 5.92 Å². The Morgan fingerprint density at radius 2 is 1.73 bits per heavy atom. The molecular weight excluding hydrogens is 296 g/mol. The molecule has 1 rings (SSSR count). The van der Waals surface area contributed by atoms with Crippen LogP contribution in [0.1, 0.15) is 40.2 Å². The number of urea groups is 1. The Hall–Kier alpha value is -1.49. The molecule has 5 heteroatoms. The van der Waals surface area contributed by atoms with Gasteiger partial charge >= 0.3 is 6.03 Å². The predicted octanol–water partition coefficient (Wildman–Crippen LogP) is 3.56. The van der Waals surface area contributed by atoms with Crippen LogP contribution in [-0.4, -0.2) is 24.2 Å². The van der Waals surface area contributed by atoms with E-state index in [1.165, 1.54) is 17.3 Å². The Labute approximate surface area is 137 Å². The first-order valence-corrected chi connectivity index (χ1v) is 8.48. The van der Waals surface area contributed by atoms with E-state index in [2.05, 4.69) is 43.5 Å². The summed E-state index contributed by atoms with van der Waals surface area (Å²) in [5, 5.41) is 4.99. The SMILES string of the molecule is CC(C)CNC(=O)NC(=O)CSc1ccc(C(C)(C)C)cc1. The first kappa shape index (κ1) is 18.6. The smallest absolute Gasteiger partial charge is 0.321 e. The lowest BCUT2D eigenvalue weighted by Gasteiger charge is -2.19. The van der Waals surface area contributed by atoms with Crippen LogP contribution in [0.3, 0.4) is 0 Å². The van der Waals surface area contributed by atoms with Crippen LogP contribution in [0.25, 0.3) is 0 Å². The van der Waals surface area contributed by atoms with Crippen LogP contribution in [0.2, 0.25) is 0 Å². The molecule has 0 radical (unpaired) electrons. The molecule has 0 unspecified atom stereocenters. The molecule has 0 fully saturated rings. The maximum atomic E-state index is 11.7. The van der Waals surface area contributed by atoms with Crippen LogP contribution in [0.5, 0.6) is 0 Å². The molecule has 3 amide bonds. The van der Waals surface area contributed by atoms with E-state index in [0.29, 0.717) is 12.5 Å². The number of carbonyl (C=O) groups excluding carboxylic acids is 2. The summed E-state index contributed by atoms with van der Waals surface area (Å²) in [7, 11) is 0. The van der Waals surface area contributed by atoms with Crippen LogP contribution in [-0.2, 0) is 10.2 Å². The van der Waals surface area contributed by atoms with Gasteiger partial charge in [0, 0.05) is 11.4 Å². The molecule has 0 bridgehead atoms. The number of nitrogens with one attached hydrogen (secondary N) is 2. The highest BCUT2D eigenvalue weighted by Gasteiger charge is 2.13. The molecule has 0 aliphatic rings. The molecule has 0 aliphatic carbocycles. The van der Waals surface area contributed by atoms with Gasteiger partial charge in [-0.3, -0.25) is 10.1 Å². The van der Waals surface area contributed by atoms with Gasteiger partial charge in [0.1, 0.15) is 0 Å². The normalized spacial score (nSPS) is 11.4. The second-order valence-corrected chi connectivity index (χ2v) is 7.76. The van der Waals surface area contributed by atoms with E-state index < -0.39 is 6.03 Å². The molecule has 1 aromatic rings. The second-order valence-electron chi connectivity index (χ2n) is 6.72. The van der Waals surface area contributed by atoms with Gasteiger partial charge in [-0.1, -0.05) is 46.8 Å². The van der Waals surface area contributed by atoms with Gasteiger partial charge in [0.05, 0.1) is 5.75 Å². The van der Waals surface area contributed by atoms with Gasteiger partial charge in [-0.05, 0) is 29.0 Å². The van der Waals surface area contributed by atoms with Gasteiger partial charge in [0.2, 0.25) is 5.91 Å². The molecule has 0 spiro atoms. The summed E-state index contributed by atoms with van der Waals surface area (Å²) in [6.45, 7) is 11.0. The molecule has 0 aromatic heterocycles. The Morgan fingerprint density at radius 1 is 1.14 bits per heavy atom. The molecule has 0 atom stereocenters. The van der Waals surface area contributed by atoms with Crippen molar-refractivity contribution in [3.05, 3.63) is 29.8 Å². The van der Waals surface area contributed by atoms with Gasteiger partial charge in [-0.15, -0.1) is 11.8 Å². The molecule has 122 valence electrons. The van der Waals surface area contributed by atoms with E-state index in [4.69, 9.17) is 0 Å². The molecule has 2 N–H and O–H groups in total. The molecule has 0 aliphatic heterocycles. The van der Waals surface area contributed by atoms with Crippen molar-refractivity contribution in [3.8, 4) is 0 Å². The first-order chi connectivity index (χ1) is 10.2. The van der Waals surface area contributed by atoms with E-state index in [0.717, 1.165) is 4.90 Å². The number of benzene rings is 1.